The second-order valence-corrected chi connectivity index (χ2v) is 17.6. The molecule has 2 atom stereocenters. The molecule has 3 heterocycles. The van der Waals surface area contributed by atoms with Gasteiger partial charge >= 0.3 is 0 Å². The van der Waals surface area contributed by atoms with Crippen molar-refractivity contribution in [3.8, 4) is 0 Å². The maximum atomic E-state index is 12.4. The van der Waals surface area contributed by atoms with Gasteiger partial charge < -0.3 is 14.9 Å². The lowest BCUT2D eigenvalue weighted by Crippen LogP contribution is -2.64. The number of likely N-dealkylation sites (tertiary alicyclic amines) is 3. The molecule has 0 aromatic rings. The van der Waals surface area contributed by atoms with Crippen molar-refractivity contribution < 1.29 is 5.11 Å². The SMILES string of the molecule is CCN1CCC(C(C)(C)CCC(O)(CCC(C)(C)C2(C)CN(CC3CC3)C2)CN2CC(C)(C(C)(C)C)C2)C1. The lowest BCUT2D eigenvalue weighted by molar-refractivity contribution is -0.122. The molecule has 0 radical (unpaired) electrons. The van der Waals surface area contributed by atoms with E-state index >= 15 is 0 Å². The third-order valence-electron chi connectivity index (χ3n) is 12.7. The summed E-state index contributed by atoms with van der Waals surface area (Å²) in [6.45, 7) is 34.9. The summed E-state index contributed by atoms with van der Waals surface area (Å²) in [4.78, 5) is 7.88. The van der Waals surface area contributed by atoms with Crippen LogP contribution in [0.15, 0.2) is 0 Å². The van der Waals surface area contributed by atoms with E-state index in [0.717, 1.165) is 57.2 Å². The zero-order chi connectivity index (χ0) is 28.2. The van der Waals surface area contributed by atoms with Crippen LogP contribution in [0.2, 0.25) is 0 Å². The van der Waals surface area contributed by atoms with Gasteiger partial charge in [-0.1, -0.05) is 69.2 Å². The molecule has 1 aliphatic carbocycles. The molecule has 0 aromatic carbocycles. The van der Waals surface area contributed by atoms with Crippen molar-refractivity contribution in [2.45, 2.75) is 120 Å². The summed E-state index contributed by atoms with van der Waals surface area (Å²) in [6, 6.07) is 0. The van der Waals surface area contributed by atoms with E-state index in [4.69, 9.17) is 0 Å². The number of β-amino-alcohol motifs (C(OH)–C–C–N with tert-alkyl or cyclic N) is 1. The molecule has 222 valence electrons. The van der Waals surface area contributed by atoms with Gasteiger partial charge in [-0.3, -0.25) is 4.90 Å². The highest BCUT2D eigenvalue weighted by molar-refractivity contribution is 5.05. The first-order chi connectivity index (χ1) is 17.4. The molecule has 0 bridgehead atoms. The molecule has 4 fully saturated rings. The predicted molar refractivity (Wildman–Crippen MR) is 162 cm³/mol. The van der Waals surface area contributed by atoms with Crippen molar-refractivity contribution in [3.05, 3.63) is 0 Å². The molecule has 1 saturated carbocycles. The number of nitrogens with zero attached hydrogens (tertiary/aromatic N) is 3. The molecule has 0 amide bonds. The predicted octanol–water partition coefficient (Wildman–Crippen LogP) is 6.77. The summed E-state index contributed by atoms with van der Waals surface area (Å²) in [5.41, 5.74) is 0.973. The van der Waals surface area contributed by atoms with Crippen LogP contribution in [0.5, 0.6) is 0 Å². The Morgan fingerprint density at radius 1 is 0.737 bits per heavy atom. The van der Waals surface area contributed by atoms with E-state index in [1.807, 2.05) is 0 Å². The van der Waals surface area contributed by atoms with Crippen molar-refractivity contribution >= 4 is 0 Å². The van der Waals surface area contributed by atoms with E-state index < -0.39 is 5.60 Å². The molecular weight excluding hydrogens is 466 g/mol. The van der Waals surface area contributed by atoms with Crippen LogP contribution in [0.4, 0.5) is 0 Å². The van der Waals surface area contributed by atoms with Crippen LogP contribution in [-0.4, -0.2) is 84.3 Å². The Labute approximate surface area is 237 Å². The minimum atomic E-state index is -0.593. The van der Waals surface area contributed by atoms with Crippen LogP contribution in [0.3, 0.4) is 0 Å². The van der Waals surface area contributed by atoms with E-state index in [2.05, 4.69) is 83.9 Å². The molecule has 4 rings (SSSR count). The summed E-state index contributed by atoms with van der Waals surface area (Å²) in [5, 5.41) is 12.4. The third kappa shape index (κ3) is 6.66. The lowest BCUT2D eigenvalue weighted by atomic mass is 9.59. The summed E-state index contributed by atoms with van der Waals surface area (Å²) < 4.78 is 0. The largest absolute Gasteiger partial charge is 0.389 e. The number of hydrogen-bond donors (Lipinski definition) is 1. The quantitative estimate of drug-likeness (QED) is 0.284. The van der Waals surface area contributed by atoms with Gasteiger partial charge in [0.2, 0.25) is 0 Å². The fourth-order valence-corrected chi connectivity index (χ4v) is 7.75. The smallest absolute Gasteiger partial charge is 0.0774 e. The molecule has 4 aliphatic rings. The standard InChI is InChI=1S/C34H65N3O/c1-11-35-19-14-28(21-35)30(5,6)15-17-34(38,26-37-22-32(9,23-37)29(2,3)4)18-16-31(7,8)33(10)24-36(25-33)20-27-12-13-27/h27-28,38H,11-26H2,1-10H3. The zero-order valence-corrected chi connectivity index (χ0v) is 27.3. The normalized spacial score (nSPS) is 28.7. The summed E-state index contributed by atoms with van der Waals surface area (Å²) in [6.07, 6.45) is 8.33. The van der Waals surface area contributed by atoms with Gasteiger partial charge in [0.05, 0.1) is 5.60 Å². The molecule has 0 spiro atoms. The van der Waals surface area contributed by atoms with Crippen LogP contribution in [-0.2, 0) is 0 Å². The number of aliphatic hydroxyl groups is 1. The zero-order valence-electron chi connectivity index (χ0n) is 27.3. The van der Waals surface area contributed by atoms with Crippen molar-refractivity contribution in [3.63, 3.8) is 0 Å². The average Bonchev–Trinajstić information content (AvgIpc) is 3.45. The Morgan fingerprint density at radius 2 is 1.32 bits per heavy atom. The average molecular weight is 532 g/mol. The van der Waals surface area contributed by atoms with Crippen LogP contribution < -0.4 is 0 Å². The summed E-state index contributed by atoms with van der Waals surface area (Å²) >= 11 is 0. The van der Waals surface area contributed by atoms with E-state index in [1.165, 1.54) is 58.5 Å². The monoisotopic (exact) mass is 532 g/mol. The first-order valence-corrected chi connectivity index (χ1v) is 16.3. The minimum Gasteiger partial charge on any atom is -0.389 e. The molecule has 4 nitrogen and oxygen atoms in total. The summed E-state index contributed by atoms with van der Waals surface area (Å²) in [5.74, 6) is 1.73. The van der Waals surface area contributed by atoms with Crippen LogP contribution >= 0.6 is 0 Å². The van der Waals surface area contributed by atoms with E-state index in [-0.39, 0.29) is 10.8 Å². The molecule has 38 heavy (non-hydrogen) atoms. The molecule has 4 heteroatoms. The second-order valence-electron chi connectivity index (χ2n) is 17.6. The van der Waals surface area contributed by atoms with Gasteiger partial charge in [0.25, 0.3) is 0 Å². The Bertz CT molecular complexity index is 797. The number of rotatable bonds is 13. The Morgan fingerprint density at radius 3 is 1.84 bits per heavy atom. The molecule has 1 N–H and O–H groups in total. The maximum absolute atomic E-state index is 12.4. The summed E-state index contributed by atoms with van der Waals surface area (Å²) in [7, 11) is 0. The van der Waals surface area contributed by atoms with Crippen molar-refractivity contribution in [2.24, 2.45) is 38.9 Å². The van der Waals surface area contributed by atoms with Gasteiger partial charge in [-0.15, -0.1) is 0 Å². The highest BCUT2D eigenvalue weighted by Crippen LogP contribution is 2.52. The second kappa shape index (κ2) is 10.6. The highest BCUT2D eigenvalue weighted by atomic mass is 16.3. The van der Waals surface area contributed by atoms with E-state index in [9.17, 15) is 5.11 Å². The Balaban J connectivity index is 1.38. The first kappa shape index (κ1) is 30.8. The Kier molecular flexibility index (Phi) is 8.58. The van der Waals surface area contributed by atoms with Crippen molar-refractivity contribution in [1.82, 2.24) is 14.7 Å². The fraction of sp³-hybridized carbons (Fsp3) is 1.00. The van der Waals surface area contributed by atoms with Gasteiger partial charge in [-0.25, -0.2) is 0 Å². The number of hydrogen-bond acceptors (Lipinski definition) is 4. The first-order valence-electron chi connectivity index (χ1n) is 16.3. The molecule has 0 aromatic heterocycles. The van der Waals surface area contributed by atoms with E-state index in [0.29, 0.717) is 16.2 Å². The van der Waals surface area contributed by atoms with Gasteiger partial charge in [-0.05, 0) is 96.9 Å². The van der Waals surface area contributed by atoms with Crippen LogP contribution in [0.25, 0.3) is 0 Å². The van der Waals surface area contributed by atoms with Gasteiger partial charge in [0.15, 0.2) is 0 Å². The molecule has 3 saturated heterocycles. The molecule has 2 unspecified atom stereocenters. The van der Waals surface area contributed by atoms with Crippen molar-refractivity contribution in [1.29, 1.82) is 0 Å². The minimum absolute atomic E-state index is 0.249. The van der Waals surface area contributed by atoms with E-state index in [1.54, 1.807) is 0 Å². The van der Waals surface area contributed by atoms with Gasteiger partial charge in [0, 0.05) is 45.8 Å². The fourth-order valence-electron chi connectivity index (χ4n) is 7.75. The third-order valence-corrected chi connectivity index (χ3v) is 12.7. The van der Waals surface area contributed by atoms with Gasteiger partial charge in [-0.2, -0.15) is 0 Å². The van der Waals surface area contributed by atoms with Gasteiger partial charge in [0.1, 0.15) is 0 Å². The van der Waals surface area contributed by atoms with Crippen LogP contribution in [0, 0.1) is 38.9 Å². The lowest BCUT2D eigenvalue weighted by Gasteiger charge is -2.58. The Hall–Kier alpha value is -0.160. The molecular formula is C34H65N3O. The highest BCUT2D eigenvalue weighted by Gasteiger charge is 2.52. The topological polar surface area (TPSA) is 30.0 Å². The van der Waals surface area contributed by atoms with Crippen molar-refractivity contribution in [2.75, 3.05) is 58.9 Å². The maximum Gasteiger partial charge on any atom is 0.0774 e. The van der Waals surface area contributed by atoms with Crippen LogP contribution in [0.1, 0.15) is 114 Å². The molecule has 3 aliphatic heterocycles.